The molecule has 0 aliphatic rings. The van der Waals surface area contributed by atoms with E-state index in [2.05, 4.69) is 13.8 Å². The van der Waals surface area contributed by atoms with Crippen molar-refractivity contribution in [3.8, 4) is 0 Å². The Morgan fingerprint density at radius 3 is 2.62 bits per heavy atom. The predicted molar refractivity (Wildman–Crippen MR) is 69.2 cm³/mol. The first-order chi connectivity index (χ1) is 7.52. The summed E-state index contributed by atoms with van der Waals surface area (Å²) in [4.78, 5) is 11.7. The van der Waals surface area contributed by atoms with Crippen molar-refractivity contribution < 1.29 is 4.79 Å². The van der Waals surface area contributed by atoms with Crippen molar-refractivity contribution in [2.45, 2.75) is 33.1 Å². The van der Waals surface area contributed by atoms with Gasteiger partial charge in [-0.1, -0.05) is 49.5 Å². The van der Waals surface area contributed by atoms with Gasteiger partial charge in [0.2, 0.25) is 0 Å². The third kappa shape index (κ3) is 4.15. The van der Waals surface area contributed by atoms with Crippen molar-refractivity contribution in [2.75, 3.05) is 0 Å². The molecular formula is C13H16Cl2O. The Morgan fingerprint density at radius 2 is 2.06 bits per heavy atom. The van der Waals surface area contributed by atoms with Crippen molar-refractivity contribution in [1.29, 1.82) is 0 Å². The van der Waals surface area contributed by atoms with Crippen LogP contribution >= 0.6 is 23.2 Å². The lowest BCUT2D eigenvalue weighted by atomic mass is 9.98. The lowest BCUT2D eigenvalue weighted by Crippen LogP contribution is -2.08. The van der Waals surface area contributed by atoms with E-state index in [0.717, 1.165) is 12.0 Å². The van der Waals surface area contributed by atoms with Gasteiger partial charge in [-0.15, -0.1) is 0 Å². The fourth-order valence-corrected chi connectivity index (χ4v) is 1.96. The Balaban J connectivity index is 2.63. The maximum atomic E-state index is 11.7. The van der Waals surface area contributed by atoms with Crippen molar-refractivity contribution in [2.24, 2.45) is 5.92 Å². The molecule has 0 bridgehead atoms. The molecule has 0 N–H and O–H groups in total. The van der Waals surface area contributed by atoms with Crippen LogP contribution in [0.3, 0.4) is 0 Å². The SMILES string of the molecule is CCC(C)CC(=O)Cc1ccc(Cl)cc1Cl. The number of hydrogen-bond donors (Lipinski definition) is 0. The first-order valence-electron chi connectivity index (χ1n) is 5.48. The summed E-state index contributed by atoms with van der Waals surface area (Å²) in [5, 5.41) is 1.17. The van der Waals surface area contributed by atoms with Gasteiger partial charge in [0.1, 0.15) is 5.78 Å². The molecule has 1 unspecified atom stereocenters. The van der Waals surface area contributed by atoms with Crippen LogP contribution in [-0.4, -0.2) is 5.78 Å². The zero-order valence-electron chi connectivity index (χ0n) is 9.59. The lowest BCUT2D eigenvalue weighted by molar-refractivity contribution is -0.119. The molecule has 16 heavy (non-hydrogen) atoms. The molecule has 0 radical (unpaired) electrons. The van der Waals surface area contributed by atoms with Gasteiger partial charge in [0.25, 0.3) is 0 Å². The van der Waals surface area contributed by atoms with Crippen LogP contribution in [0, 0.1) is 5.92 Å². The Hall–Kier alpha value is -0.530. The molecule has 0 aromatic heterocycles. The summed E-state index contributed by atoms with van der Waals surface area (Å²) >= 11 is 11.8. The summed E-state index contributed by atoms with van der Waals surface area (Å²) in [6.45, 7) is 4.18. The molecule has 3 heteroatoms. The van der Waals surface area contributed by atoms with Crippen molar-refractivity contribution in [3.63, 3.8) is 0 Å². The van der Waals surface area contributed by atoms with Crippen molar-refractivity contribution in [1.82, 2.24) is 0 Å². The number of benzene rings is 1. The van der Waals surface area contributed by atoms with Gasteiger partial charge in [-0.25, -0.2) is 0 Å². The van der Waals surface area contributed by atoms with E-state index in [4.69, 9.17) is 23.2 Å². The number of Topliss-reactive ketones (excluding diaryl/α,β-unsaturated/α-hetero) is 1. The number of halogens is 2. The highest BCUT2D eigenvalue weighted by Gasteiger charge is 2.10. The number of rotatable bonds is 5. The molecule has 1 rings (SSSR count). The standard InChI is InChI=1S/C13H16Cl2O/c1-3-9(2)6-12(16)7-10-4-5-11(14)8-13(10)15/h4-5,8-9H,3,6-7H2,1-2H3. The summed E-state index contributed by atoms with van der Waals surface area (Å²) in [6.07, 6.45) is 2.05. The molecule has 0 saturated carbocycles. The molecule has 1 aromatic carbocycles. The van der Waals surface area contributed by atoms with Crippen LogP contribution in [0.2, 0.25) is 10.0 Å². The number of ketones is 1. The maximum Gasteiger partial charge on any atom is 0.137 e. The Morgan fingerprint density at radius 1 is 1.38 bits per heavy atom. The van der Waals surface area contributed by atoms with E-state index in [1.54, 1.807) is 12.1 Å². The average molecular weight is 259 g/mol. The van der Waals surface area contributed by atoms with Gasteiger partial charge in [0, 0.05) is 22.9 Å². The van der Waals surface area contributed by atoms with E-state index in [1.165, 1.54) is 0 Å². The van der Waals surface area contributed by atoms with E-state index in [9.17, 15) is 4.79 Å². The zero-order chi connectivity index (χ0) is 12.1. The average Bonchev–Trinajstić information content (AvgIpc) is 2.22. The fourth-order valence-electron chi connectivity index (χ4n) is 1.48. The predicted octanol–water partition coefficient (Wildman–Crippen LogP) is 4.54. The minimum Gasteiger partial charge on any atom is -0.299 e. The van der Waals surface area contributed by atoms with Crippen molar-refractivity contribution >= 4 is 29.0 Å². The van der Waals surface area contributed by atoms with E-state index >= 15 is 0 Å². The van der Waals surface area contributed by atoms with E-state index in [1.807, 2.05) is 6.07 Å². The quantitative estimate of drug-likeness (QED) is 0.758. The fraction of sp³-hybridized carbons (Fsp3) is 0.462. The second kappa shape index (κ2) is 6.27. The minimum absolute atomic E-state index is 0.235. The Labute approximate surface area is 107 Å². The van der Waals surface area contributed by atoms with Crippen LogP contribution in [0.5, 0.6) is 0 Å². The van der Waals surface area contributed by atoms with Gasteiger partial charge in [-0.05, 0) is 23.6 Å². The number of hydrogen-bond acceptors (Lipinski definition) is 1. The van der Waals surface area contributed by atoms with Crippen LogP contribution in [0.25, 0.3) is 0 Å². The number of carbonyl (C=O) groups excluding carboxylic acids is 1. The molecule has 0 fully saturated rings. The van der Waals surface area contributed by atoms with Gasteiger partial charge in [-0.3, -0.25) is 4.79 Å². The van der Waals surface area contributed by atoms with Crippen LogP contribution in [-0.2, 0) is 11.2 Å². The molecule has 1 aromatic rings. The first kappa shape index (κ1) is 13.5. The van der Waals surface area contributed by atoms with Gasteiger partial charge < -0.3 is 0 Å². The van der Waals surface area contributed by atoms with Crippen LogP contribution in [0.4, 0.5) is 0 Å². The first-order valence-corrected chi connectivity index (χ1v) is 6.24. The summed E-state index contributed by atoms with van der Waals surface area (Å²) in [6, 6.07) is 5.26. The van der Waals surface area contributed by atoms with E-state index in [0.29, 0.717) is 28.8 Å². The molecule has 0 saturated heterocycles. The second-order valence-electron chi connectivity index (χ2n) is 4.17. The summed E-state index contributed by atoms with van der Waals surface area (Å²) < 4.78 is 0. The van der Waals surface area contributed by atoms with Gasteiger partial charge in [0.15, 0.2) is 0 Å². The smallest absolute Gasteiger partial charge is 0.137 e. The molecular weight excluding hydrogens is 243 g/mol. The van der Waals surface area contributed by atoms with E-state index in [-0.39, 0.29) is 5.78 Å². The summed E-state index contributed by atoms with van der Waals surface area (Å²) in [5.41, 5.74) is 0.861. The Bertz CT molecular complexity index is 374. The highest BCUT2D eigenvalue weighted by Crippen LogP contribution is 2.22. The van der Waals surface area contributed by atoms with Crippen LogP contribution in [0.15, 0.2) is 18.2 Å². The molecule has 0 spiro atoms. The third-order valence-electron chi connectivity index (χ3n) is 2.68. The molecule has 0 aliphatic carbocycles. The van der Waals surface area contributed by atoms with Crippen molar-refractivity contribution in [3.05, 3.63) is 33.8 Å². The highest BCUT2D eigenvalue weighted by molar-refractivity contribution is 6.35. The molecule has 0 heterocycles. The summed E-state index contributed by atoms with van der Waals surface area (Å²) in [7, 11) is 0. The zero-order valence-corrected chi connectivity index (χ0v) is 11.1. The summed E-state index contributed by atoms with van der Waals surface area (Å²) in [5.74, 6) is 0.678. The molecule has 88 valence electrons. The molecule has 0 aliphatic heterocycles. The third-order valence-corrected chi connectivity index (χ3v) is 3.26. The maximum absolute atomic E-state index is 11.7. The molecule has 1 nitrogen and oxygen atoms in total. The van der Waals surface area contributed by atoms with Gasteiger partial charge in [0.05, 0.1) is 0 Å². The largest absolute Gasteiger partial charge is 0.299 e. The second-order valence-corrected chi connectivity index (χ2v) is 5.01. The van der Waals surface area contributed by atoms with Gasteiger partial charge >= 0.3 is 0 Å². The normalized spacial score (nSPS) is 12.5. The lowest BCUT2D eigenvalue weighted by Gasteiger charge is -2.08. The Kier molecular flexibility index (Phi) is 5.30. The van der Waals surface area contributed by atoms with Crippen LogP contribution in [0.1, 0.15) is 32.3 Å². The highest BCUT2D eigenvalue weighted by atomic mass is 35.5. The monoisotopic (exact) mass is 258 g/mol. The van der Waals surface area contributed by atoms with Crippen LogP contribution < -0.4 is 0 Å². The van der Waals surface area contributed by atoms with Gasteiger partial charge in [-0.2, -0.15) is 0 Å². The molecule has 1 atom stereocenters. The van der Waals surface area contributed by atoms with E-state index < -0.39 is 0 Å². The topological polar surface area (TPSA) is 17.1 Å². The minimum atomic E-state index is 0.235. The number of carbonyl (C=O) groups is 1. The molecule has 0 amide bonds.